The SMILES string of the molecule is CC1(C)C=CN(c2ccccc2O)[C-]=[N+]1c1ccc(-n2c3ccccc3c3cccnc32)[nH]1. The first-order valence-electron chi connectivity index (χ1n) is 10.9. The average Bonchev–Trinajstić information content (AvgIpc) is 3.42. The lowest BCUT2D eigenvalue weighted by atomic mass is 10.0. The molecule has 1 aliphatic heterocycles. The molecule has 2 N–H and O–H groups in total. The Bertz CT molecular complexity index is 1520. The highest BCUT2D eigenvalue weighted by Gasteiger charge is 2.27. The number of rotatable bonds is 3. The van der Waals surface area contributed by atoms with Gasteiger partial charge in [-0.2, -0.15) is 0 Å². The van der Waals surface area contributed by atoms with E-state index >= 15 is 0 Å². The van der Waals surface area contributed by atoms with Crippen LogP contribution >= 0.6 is 0 Å². The number of para-hydroxylation sites is 3. The van der Waals surface area contributed by atoms with Crippen LogP contribution in [0.25, 0.3) is 27.8 Å². The highest BCUT2D eigenvalue weighted by molar-refractivity contribution is 6.07. The molecule has 0 atom stereocenters. The minimum Gasteiger partial charge on any atom is -0.514 e. The van der Waals surface area contributed by atoms with Crippen LogP contribution in [0.1, 0.15) is 13.8 Å². The summed E-state index contributed by atoms with van der Waals surface area (Å²) < 4.78 is 4.20. The second-order valence-electron chi connectivity index (χ2n) is 8.72. The minimum atomic E-state index is -0.317. The van der Waals surface area contributed by atoms with Crippen molar-refractivity contribution in [3.63, 3.8) is 0 Å². The van der Waals surface area contributed by atoms with Gasteiger partial charge in [0, 0.05) is 17.0 Å². The first-order chi connectivity index (χ1) is 16.0. The van der Waals surface area contributed by atoms with Gasteiger partial charge in [-0.05, 0) is 56.4 Å². The van der Waals surface area contributed by atoms with Crippen molar-refractivity contribution in [2.45, 2.75) is 19.4 Å². The van der Waals surface area contributed by atoms with Gasteiger partial charge in [-0.15, -0.1) is 0 Å². The normalized spacial score (nSPS) is 15.3. The molecule has 2 aromatic carbocycles. The molecular formula is C27H23N5O. The Hall–Kier alpha value is -4.32. The van der Waals surface area contributed by atoms with Crippen molar-refractivity contribution in [3.8, 4) is 11.6 Å². The number of hydrogen-bond acceptors (Lipinski definition) is 3. The van der Waals surface area contributed by atoms with Gasteiger partial charge in [0.05, 0.1) is 16.7 Å². The highest BCUT2D eigenvalue weighted by atomic mass is 16.3. The van der Waals surface area contributed by atoms with E-state index in [0.717, 1.165) is 28.2 Å². The number of benzene rings is 2. The van der Waals surface area contributed by atoms with Crippen molar-refractivity contribution in [3.05, 3.63) is 91.3 Å². The summed E-state index contributed by atoms with van der Waals surface area (Å²) in [6.45, 7) is 4.25. The van der Waals surface area contributed by atoms with Crippen molar-refractivity contribution in [2.24, 2.45) is 0 Å². The third-order valence-electron chi connectivity index (χ3n) is 6.13. The predicted molar refractivity (Wildman–Crippen MR) is 132 cm³/mol. The van der Waals surface area contributed by atoms with Gasteiger partial charge >= 0.3 is 0 Å². The number of H-pyrrole nitrogens is 1. The monoisotopic (exact) mass is 433 g/mol. The quantitative estimate of drug-likeness (QED) is 0.289. The van der Waals surface area contributed by atoms with E-state index in [0.29, 0.717) is 5.69 Å². The Balaban J connectivity index is 1.49. The molecule has 0 saturated heterocycles. The molecule has 162 valence electrons. The van der Waals surface area contributed by atoms with E-state index in [1.807, 2.05) is 52.2 Å². The van der Waals surface area contributed by atoms with Gasteiger partial charge in [0.25, 0.3) is 0 Å². The van der Waals surface area contributed by atoms with Crippen LogP contribution < -0.4 is 4.90 Å². The molecule has 0 spiro atoms. The van der Waals surface area contributed by atoms with Crippen molar-refractivity contribution in [1.82, 2.24) is 14.5 Å². The first-order valence-corrected chi connectivity index (χ1v) is 10.9. The molecule has 33 heavy (non-hydrogen) atoms. The Morgan fingerprint density at radius 1 is 0.939 bits per heavy atom. The molecule has 0 amide bonds. The molecule has 0 radical (unpaired) electrons. The van der Waals surface area contributed by atoms with Gasteiger partial charge in [0.15, 0.2) is 18.0 Å². The number of aromatic nitrogens is 3. The lowest BCUT2D eigenvalue weighted by molar-refractivity contribution is -0.510. The van der Waals surface area contributed by atoms with Gasteiger partial charge in [0.2, 0.25) is 0 Å². The summed E-state index contributed by atoms with van der Waals surface area (Å²) in [7, 11) is 0. The number of phenolic OH excluding ortho intramolecular Hbond substituents is 1. The van der Waals surface area contributed by atoms with E-state index in [4.69, 9.17) is 0 Å². The zero-order valence-electron chi connectivity index (χ0n) is 18.4. The zero-order chi connectivity index (χ0) is 22.6. The number of hydrogen-bond donors (Lipinski definition) is 2. The number of nitrogens with one attached hydrogen (secondary N) is 1. The molecule has 0 fully saturated rings. The maximum Gasteiger partial charge on any atom is 0.174 e. The summed E-state index contributed by atoms with van der Waals surface area (Å²) in [6.07, 6.45) is 9.27. The van der Waals surface area contributed by atoms with Crippen LogP contribution in [-0.4, -0.2) is 36.1 Å². The molecule has 4 heterocycles. The first kappa shape index (κ1) is 19.4. The summed E-state index contributed by atoms with van der Waals surface area (Å²) in [4.78, 5) is 10.1. The van der Waals surface area contributed by atoms with Gasteiger partial charge in [-0.1, -0.05) is 42.5 Å². The smallest absolute Gasteiger partial charge is 0.174 e. The lowest BCUT2D eigenvalue weighted by Crippen LogP contribution is -2.39. The molecule has 6 nitrogen and oxygen atoms in total. The molecule has 6 rings (SSSR count). The van der Waals surface area contributed by atoms with E-state index in [1.54, 1.807) is 6.07 Å². The van der Waals surface area contributed by atoms with Crippen molar-refractivity contribution in [1.29, 1.82) is 0 Å². The predicted octanol–water partition coefficient (Wildman–Crippen LogP) is 5.57. The number of aromatic hydroxyl groups is 1. The molecule has 6 heteroatoms. The number of nitrogens with zero attached hydrogens (tertiary/aromatic N) is 4. The molecule has 3 aromatic heterocycles. The van der Waals surface area contributed by atoms with E-state index in [2.05, 4.69) is 77.2 Å². The molecule has 1 aliphatic rings. The summed E-state index contributed by atoms with van der Waals surface area (Å²) in [5.74, 6) is 2.02. The standard InChI is InChI=1S/C27H23N5O/c1-27(2)15-17-30(22-11-5-6-12-23(22)33)18-31(27)24-13-14-25(29-24)32-21-10-4-3-8-19(21)20-9-7-16-28-26(20)32/h3-17,29,33H,1-2H3. The number of pyridine rings is 1. The van der Waals surface area contributed by atoms with Crippen LogP contribution in [0.2, 0.25) is 0 Å². The fourth-order valence-electron chi connectivity index (χ4n) is 4.44. The van der Waals surface area contributed by atoms with Crippen LogP contribution in [-0.2, 0) is 0 Å². The Kier molecular flexibility index (Phi) is 4.17. The second-order valence-corrected chi connectivity index (χ2v) is 8.72. The van der Waals surface area contributed by atoms with E-state index in [-0.39, 0.29) is 11.3 Å². The molecule has 0 bridgehead atoms. The molecule has 5 aromatic rings. The minimum absolute atomic E-state index is 0.206. The van der Waals surface area contributed by atoms with Gasteiger partial charge in [0.1, 0.15) is 11.4 Å². The molecule has 0 aliphatic carbocycles. The van der Waals surface area contributed by atoms with Crippen LogP contribution in [0.5, 0.6) is 5.75 Å². The van der Waals surface area contributed by atoms with E-state index in [9.17, 15) is 5.11 Å². The van der Waals surface area contributed by atoms with Crippen LogP contribution in [0.3, 0.4) is 0 Å². The lowest BCUT2D eigenvalue weighted by Gasteiger charge is -2.34. The Labute approximate surface area is 191 Å². The molecule has 0 unspecified atom stereocenters. The third kappa shape index (κ3) is 3.03. The highest BCUT2D eigenvalue weighted by Crippen LogP contribution is 2.33. The zero-order valence-corrected chi connectivity index (χ0v) is 18.4. The van der Waals surface area contributed by atoms with Gasteiger partial charge in [-0.25, -0.2) is 4.98 Å². The fourth-order valence-corrected chi connectivity index (χ4v) is 4.44. The van der Waals surface area contributed by atoms with Gasteiger partial charge < -0.3 is 14.6 Å². The number of anilines is 1. The second kappa shape index (κ2) is 7.10. The largest absolute Gasteiger partial charge is 0.514 e. The maximum absolute atomic E-state index is 10.3. The van der Waals surface area contributed by atoms with E-state index in [1.165, 1.54) is 5.39 Å². The van der Waals surface area contributed by atoms with Crippen molar-refractivity contribution < 1.29 is 9.68 Å². The molecule has 0 saturated carbocycles. The van der Waals surface area contributed by atoms with Crippen molar-refractivity contribution in [2.75, 3.05) is 4.90 Å². The van der Waals surface area contributed by atoms with Crippen molar-refractivity contribution >= 4 is 39.8 Å². The summed E-state index contributed by atoms with van der Waals surface area (Å²) in [5, 5.41) is 12.6. The van der Waals surface area contributed by atoms with Crippen LogP contribution in [0, 0.1) is 0 Å². The summed E-state index contributed by atoms with van der Waals surface area (Å²) >= 11 is 0. The van der Waals surface area contributed by atoms with Crippen LogP contribution in [0.15, 0.2) is 91.3 Å². The van der Waals surface area contributed by atoms with Gasteiger partial charge in [-0.3, -0.25) is 9.55 Å². The Morgan fingerprint density at radius 3 is 2.61 bits per heavy atom. The number of fused-ring (bicyclic) bond motifs is 3. The fraction of sp³-hybridized carbons (Fsp3) is 0.111. The maximum atomic E-state index is 10.3. The topological polar surface area (TPSA) is 60.1 Å². The number of aromatic amines is 1. The summed E-state index contributed by atoms with van der Waals surface area (Å²) in [5.41, 5.74) is 2.37. The average molecular weight is 434 g/mol. The third-order valence-corrected chi connectivity index (χ3v) is 6.13. The summed E-state index contributed by atoms with van der Waals surface area (Å²) in [6, 6.07) is 23.8. The van der Waals surface area contributed by atoms with Crippen LogP contribution in [0.4, 0.5) is 11.5 Å². The molecular weight excluding hydrogens is 410 g/mol. The van der Waals surface area contributed by atoms with E-state index < -0.39 is 0 Å². The Morgan fingerprint density at radius 2 is 1.73 bits per heavy atom. The number of phenols is 1.